The Kier molecular flexibility index (Phi) is 38.1. The van der Waals surface area contributed by atoms with Crippen molar-refractivity contribution >= 4 is 5.97 Å². The number of esters is 1. The van der Waals surface area contributed by atoms with Gasteiger partial charge in [0.1, 0.15) is 30.5 Å². The maximum atomic E-state index is 12.8. The molecule has 0 bridgehead atoms. The first-order valence-corrected chi connectivity index (χ1v) is 23.3. The van der Waals surface area contributed by atoms with Crippen molar-refractivity contribution in [2.24, 2.45) is 0 Å². The van der Waals surface area contributed by atoms with Gasteiger partial charge in [-0.25, -0.2) is 0 Å². The van der Waals surface area contributed by atoms with Crippen LogP contribution in [0.25, 0.3) is 0 Å². The van der Waals surface area contributed by atoms with Gasteiger partial charge in [0, 0.05) is 13.0 Å². The number of hydrogen-bond donors (Lipinski definition) is 4. The average molecular weight is 841 g/mol. The molecule has 0 aromatic heterocycles. The topological polar surface area (TPSA) is 135 Å². The lowest BCUT2D eigenvalue weighted by molar-refractivity contribution is -0.305. The maximum absolute atomic E-state index is 12.8. The van der Waals surface area contributed by atoms with Gasteiger partial charge in [-0.2, -0.15) is 0 Å². The summed E-state index contributed by atoms with van der Waals surface area (Å²) in [4.78, 5) is 12.8. The molecule has 9 nitrogen and oxygen atoms in total. The zero-order chi connectivity index (χ0) is 43.6. The summed E-state index contributed by atoms with van der Waals surface area (Å²) in [5.41, 5.74) is 0. The molecule has 1 aliphatic heterocycles. The lowest BCUT2D eigenvalue weighted by atomic mass is 9.99. The van der Waals surface area contributed by atoms with E-state index in [1.54, 1.807) is 0 Å². The van der Waals surface area contributed by atoms with Gasteiger partial charge >= 0.3 is 5.97 Å². The van der Waals surface area contributed by atoms with Gasteiger partial charge in [0.15, 0.2) is 6.29 Å². The highest BCUT2D eigenvalue weighted by Crippen LogP contribution is 2.22. The predicted octanol–water partition coefficient (Wildman–Crippen LogP) is 10.8. The first-order chi connectivity index (χ1) is 29.4. The Morgan fingerprint density at radius 1 is 0.550 bits per heavy atom. The molecule has 9 heteroatoms. The van der Waals surface area contributed by atoms with Crippen LogP contribution in [0.2, 0.25) is 0 Å². The van der Waals surface area contributed by atoms with Crippen LogP contribution in [0.5, 0.6) is 0 Å². The Balaban J connectivity index is 2.33. The van der Waals surface area contributed by atoms with E-state index in [0.29, 0.717) is 13.0 Å². The molecular formula is C51H84O9. The van der Waals surface area contributed by atoms with E-state index in [0.717, 1.165) is 70.6 Å². The van der Waals surface area contributed by atoms with E-state index < -0.39 is 49.4 Å². The molecule has 6 unspecified atom stereocenters. The van der Waals surface area contributed by atoms with Crippen molar-refractivity contribution in [1.82, 2.24) is 0 Å². The summed E-state index contributed by atoms with van der Waals surface area (Å²) in [5, 5.41) is 40.1. The van der Waals surface area contributed by atoms with Crippen LogP contribution in [0.1, 0.15) is 155 Å². The number of hydrogen-bond acceptors (Lipinski definition) is 9. The fourth-order valence-electron chi connectivity index (χ4n) is 6.37. The summed E-state index contributed by atoms with van der Waals surface area (Å²) < 4.78 is 22.7. The van der Waals surface area contributed by atoms with Crippen LogP contribution in [0.15, 0.2) is 97.2 Å². The SMILES string of the molecule is CC/C=C\C/C=C\C/C=C\C/C=C\C/C=C\C/C=C\CCC(=O)OC(COCCCCCCCCCC/C=C\C/C=C\CCCCC)COC1OC(CO)C(O)C(O)C1O. The summed E-state index contributed by atoms with van der Waals surface area (Å²) in [5.74, 6) is -0.401. The number of carbonyl (C=O) groups excluding carboxylic acids is 1. The molecule has 0 aromatic rings. The van der Waals surface area contributed by atoms with E-state index in [1.807, 2.05) is 12.2 Å². The second-order valence-corrected chi connectivity index (χ2v) is 15.5. The van der Waals surface area contributed by atoms with Crippen molar-refractivity contribution in [3.05, 3.63) is 97.2 Å². The standard InChI is InChI=1S/C51H84O9/c1-3-5-7-9-11-13-15-17-19-21-23-24-26-28-30-32-34-36-38-40-47(53)59-45(44-58-51-50(56)49(55)48(54)46(42-52)60-51)43-57-41-39-37-35-33-31-29-27-25-22-20-18-16-14-12-10-8-6-4-2/h5,7,11-14,17-20,23-24,28,30,34,36,45-46,48-52,54-56H,3-4,6,8-10,15-16,21-22,25-27,29,31-33,35,37-44H2,1-2H3/b7-5-,13-11-,14-12-,19-17-,20-18-,24-23-,30-28-,36-34-. The first-order valence-electron chi connectivity index (χ1n) is 23.3. The van der Waals surface area contributed by atoms with Crippen molar-refractivity contribution < 1.29 is 44.2 Å². The molecule has 342 valence electrons. The molecule has 60 heavy (non-hydrogen) atoms. The zero-order valence-electron chi connectivity index (χ0n) is 37.4. The van der Waals surface area contributed by atoms with Crippen LogP contribution in [0.3, 0.4) is 0 Å². The Labute approximate surface area is 364 Å². The second kappa shape index (κ2) is 41.5. The van der Waals surface area contributed by atoms with Crippen LogP contribution in [0, 0.1) is 0 Å². The van der Waals surface area contributed by atoms with Crippen molar-refractivity contribution in [3.63, 3.8) is 0 Å². The van der Waals surface area contributed by atoms with E-state index in [4.69, 9.17) is 18.9 Å². The van der Waals surface area contributed by atoms with E-state index in [9.17, 15) is 25.2 Å². The normalized spacial score (nSPS) is 20.9. The molecule has 0 amide bonds. The van der Waals surface area contributed by atoms with Crippen LogP contribution in [-0.4, -0.2) is 89.6 Å². The van der Waals surface area contributed by atoms with Gasteiger partial charge in [-0.1, -0.05) is 162 Å². The Morgan fingerprint density at radius 3 is 1.53 bits per heavy atom. The smallest absolute Gasteiger partial charge is 0.306 e. The van der Waals surface area contributed by atoms with Gasteiger partial charge in [-0.05, 0) is 83.5 Å². The van der Waals surface area contributed by atoms with Gasteiger partial charge in [-0.3, -0.25) is 4.79 Å². The third kappa shape index (κ3) is 31.9. The minimum atomic E-state index is -1.56. The maximum Gasteiger partial charge on any atom is 0.306 e. The summed E-state index contributed by atoms with van der Waals surface area (Å²) in [7, 11) is 0. The second-order valence-electron chi connectivity index (χ2n) is 15.5. The van der Waals surface area contributed by atoms with Gasteiger partial charge < -0.3 is 39.4 Å². The summed E-state index contributed by atoms with van der Waals surface area (Å²) in [6.45, 7) is 4.29. The number of aliphatic hydroxyl groups excluding tert-OH is 4. The fourth-order valence-corrected chi connectivity index (χ4v) is 6.37. The molecule has 0 spiro atoms. The molecule has 6 atom stereocenters. The molecule has 1 saturated heterocycles. The largest absolute Gasteiger partial charge is 0.457 e. The van der Waals surface area contributed by atoms with Gasteiger partial charge in [-0.15, -0.1) is 0 Å². The minimum Gasteiger partial charge on any atom is -0.457 e. The Hall–Kier alpha value is -2.89. The van der Waals surface area contributed by atoms with Crippen molar-refractivity contribution in [2.75, 3.05) is 26.4 Å². The average Bonchev–Trinajstić information content (AvgIpc) is 3.25. The zero-order valence-corrected chi connectivity index (χ0v) is 37.4. The molecule has 1 fully saturated rings. The summed E-state index contributed by atoms with van der Waals surface area (Å²) in [6.07, 6.45) is 50.1. The van der Waals surface area contributed by atoms with Crippen LogP contribution in [-0.2, 0) is 23.7 Å². The summed E-state index contributed by atoms with van der Waals surface area (Å²) in [6, 6.07) is 0. The number of allylic oxidation sites excluding steroid dienone is 16. The number of ether oxygens (including phenoxy) is 4. The van der Waals surface area contributed by atoms with Gasteiger partial charge in [0.25, 0.3) is 0 Å². The molecule has 4 N–H and O–H groups in total. The first kappa shape index (κ1) is 55.1. The molecule has 0 aliphatic carbocycles. The number of unbranched alkanes of at least 4 members (excludes halogenated alkanes) is 11. The highest BCUT2D eigenvalue weighted by Gasteiger charge is 2.44. The predicted molar refractivity (Wildman–Crippen MR) is 246 cm³/mol. The molecule has 0 radical (unpaired) electrons. The Morgan fingerprint density at radius 2 is 1.02 bits per heavy atom. The van der Waals surface area contributed by atoms with E-state index in [2.05, 4.69) is 98.9 Å². The monoisotopic (exact) mass is 841 g/mol. The van der Waals surface area contributed by atoms with Crippen LogP contribution < -0.4 is 0 Å². The van der Waals surface area contributed by atoms with E-state index in [-0.39, 0.29) is 19.6 Å². The quantitative estimate of drug-likeness (QED) is 0.0272. The van der Waals surface area contributed by atoms with Crippen molar-refractivity contribution in [2.45, 2.75) is 192 Å². The van der Waals surface area contributed by atoms with Gasteiger partial charge in [0.05, 0.1) is 19.8 Å². The number of rotatable bonds is 38. The lowest BCUT2D eigenvalue weighted by Gasteiger charge is -2.39. The van der Waals surface area contributed by atoms with E-state index in [1.165, 1.54) is 57.8 Å². The highest BCUT2D eigenvalue weighted by atomic mass is 16.7. The van der Waals surface area contributed by atoms with Crippen molar-refractivity contribution in [3.8, 4) is 0 Å². The summed E-state index contributed by atoms with van der Waals surface area (Å²) >= 11 is 0. The van der Waals surface area contributed by atoms with E-state index >= 15 is 0 Å². The van der Waals surface area contributed by atoms with Crippen LogP contribution >= 0.6 is 0 Å². The molecule has 0 saturated carbocycles. The third-order valence-corrected chi connectivity index (χ3v) is 10.00. The number of aliphatic hydroxyl groups is 4. The van der Waals surface area contributed by atoms with Gasteiger partial charge in [0.2, 0.25) is 0 Å². The fraction of sp³-hybridized carbons (Fsp3) is 0.667. The number of carbonyl (C=O) groups is 1. The molecule has 1 aliphatic rings. The van der Waals surface area contributed by atoms with Crippen molar-refractivity contribution in [1.29, 1.82) is 0 Å². The van der Waals surface area contributed by atoms with Crippen LogP contribution in [0.4, 0.5) is 0 Å². The molecular weight excluding hydrogens is 757 g/mol. The lowest BCUT2D eigenvalue weighted by Crippen LogP contribution is -2.59. The third-order valence-electron chi connectivity index (χ3n) is 10.00. The molecule has 1 heterocycles. The molecule has 1 rings (SSSR count). The molecule has 0 aromatic carbocycles. The highest BCUT2D eigenvalue weighted by molar-refractivity contribution is 5.69. The Bertz CT molecular complexity index is 1230. The minimum absolute atomic E-state index is 0.104.